The molecule has 0 bridgehead atoms. The van der Waals surface area contributed by atoms with E-state index in [1.807, 2.05) is 54.6 Å². The van der Waals surface area contributed by atoms with Crippen LogP contribution in [-0.2, 0) is 14.8 Å². The van der Waals surface area contributed by atoms with Crippen molar-refractivity contribution in [3.63, 3.8) is 0 Å². The van der Waals surface area contributed by atoms with Gasteiger partial charge in [0.25, 0.3) is 0 Å². The molecule has 3 aromatic carbocycles. The van der Waals surface area contributed by atoms with E-state index in [1.54, 1.807) is 23.9 Å². The molecular formula is C22H23ClN2O3S2. The van der Waals surface area contributed by atoms with Crippen LogP contribution >= 0.6 is 23.4 Å². The molecule has 8 heteroatoms. The summed E-state index contributed by atoms with van der Waals surface area (Å²) in [6.45, 7) is 0.226. The van der Waals surface area contributed by atoms with Gasteiger partial charge in [-0.1, -0.05) is 48.0 Å². The molecule has 5 nitrogen and oxygen atoms in total. The molecule has 0 aliphatic heterocycles. The number of carbonyl (C=O) groups is 1. The first-order valence-corrected chi connectivity index (χ1v) is 12.7. The number of benzene rings is 3. The number of hydrogen-bond acceptors (Lipinski definition) is 4. The van der Waals surface area contributed by atoms with Crippen molar-refractivity contribution < 1.29 is 13.2 Å². The molecular weight excluding hydrogens is 440 g/mol. The van der Waals surface area contributed by atoms with E-state index in [2.05, 4.69) is 5.32 Å². The number of thioether (sulfide) groups is 1. The third kappa shape index (κ3) is 6.14. The second-order valence-electron chi connectivity index (χ2n) is 6.77. The van der Waals surface area contributed by atoms with Crippen LogP contribution in [0.1, 0.15) is 6.42 Å². The Morgan fingerprint density at radius 2 is 1.73 bits per heavy atom. The highest BCUT2D eigenvalue weighted by Crippen LogP contribution is 2.28. The summed E-state index contributed by atoms with van der Waals surface area (Å²) in [4.78, 5) is 13.6. The van der Waals surface area contributed by atoms with Crippen molar-refractivity contribution in [2.24, 2.45) is 0 Å². The van der Waals surface area contributed by atoms with E-state index in [0.717, 1.165) is 38.4 Å². The molecule has 30 heavy (non-hydrogen) atoms. The lowest BCUT2D eigenvalue weighted by atomic mass is 10.1. The van der Waals surface area contributed by atoms with Crippen molar-refractivity contribution in [3.8, 4) is 0 Å². The lowest BCUT2D eigenvalue weighted by Gasteiger charge is -2.23. The first-order valence-electron chi connectivity index (χ1n) is 9.45. The van der Waals surface area contributed by atoms with E-state index in [-0.39, 0.29) is 12.5 Å². The van der Waals surface area contributed by atoms with Gasteiger partial charge in [0.2, 0.25) is 15.9 Å². The Balaban J connectivity index is 1.57. The number of amides is 1. The molecule has 0 fully saturated rings. The molecule has 0 atom stereocenters. The first-order chi connectivity index (χ1) is 14.3. The molecule has 0 aromatic heterocycles. The standard InChI is InChI=1S/C22H23ClN2O3S2/c1-30(27,28)25(21-9-4-7-17-6-2-3-8-20(17)21)16-22(26)24-14-5-15-29-19-12-10-18(23)11-13-19/h2-4,6-13H,5,14-16H2,1H3,(H,24,26). The Morgan fingerprint density at radius 3 is 2.47 bits per heavy atom. The summed E-state index contributed by atoms with van der Waals surface area (Å²) in [5.41, 5.74) is 0.504. The minimum absolute atomic E-state index is 0.253. The molecule has 0 saturated heterocycles. The molecule has 0 unspecified atom stereocenters. The first kappa shape index (κ1) is 22.5. The molecule has 1 amide bonds. The summed E-state index contributed by atoms with van der Waals surface area (Å²) in [7, 11) is -3.62. The maximum atomic E-state index is 12.4. The highest BCUT2D eigenvalue weighted by atomic mass is 35.5. The zero-order valence-electron chi connectivity index (χ0n) is 16.5. The monoisotopic (exact) mass is 462 g/mol. The van der Waals surface area contributed by atoms with E-state index < -0.39 is 10.0 Å². The van der Waals surface area contributed by atoms with E-state index >= 15 is 0 Å². The topological polar surface area (TPSA) is 66.5 Å². The summed E-state index contributed by atoms with van der Waals surface area (Å²) in [5.74, 6) is 0.506. The summed E-state index contributed by atoms with van der Waals surface area (Å²) >= 11 is 7.56. The molecule has 0 saturated carbocycles. The Labute approximate surface area is 186 Å². The van der Waals surface area contributed by atoms with Crippen LogP contribution in [0, 0.1) is 0 Å². The van der Waals surface area contributed by atoms with E-state index in [4.69, 9.17) is 11.6 Å². The van der Waals surface area contributed by atoms with Crippen molar-refractivity contribution in [3.05, 3.63) is 71.8 Å². The van der Waals surface area contributed by atoms with Crippen molar-refractivity contribution in [2.75, 3.05) is 29.4 Å². The Kier molecular flexibility index (Phi) is 7.64. The maximum Gasteiger partial charge on any atom is 0.240 e. The average molecular weight is 463 g/mol. The predicted octanol–water partition coefficient (Wildman–Crippen LogP) is 4.56. The second-order valence-corrected chi connectivity index (χ2v) is 10.3. The Hall–Kier alpha value is -2.22. The number of anilines is 1. The van der Waals surface area contributed by atoms with E-state index in [0.29, 0.717) is 17.3 Å². The molecule has 0 spiro atoms. The molecule has 3 aromatic rings. The fourth-order valence-electron chi connectivity index (χ4n) is 3.01. The van der Waals surface area contributed by atoms with Crippen LogP contribution < -0.4 is 9.62 Å². The number of carbonyl (C=O) groups excluding carboxylic acids is 1. The predicted molar refractivity (Wildman–Crippen MR) is 126 cm³/mol. The number of rotatable bonds is 9. The van der Waals surface area contributed by atoms with Crippen LogP contribution in [0.25, 0.3) is 10.8 Å². The van der Waals surface area contributed by atoms with Crippen molar-refractivity contribution in [1.82, 2.24) is 5.32 Å². The third-order valence-electron chi connectivity index (χ3n) is 4.45. The van der Waals surface area contributed by atoms with Crippen LogP contribution in [0.15, 0.2) is 71.6 Å². The second kappa shape index (κ2) is 10.2. The number of halogens is 1. The van der Waals surface area contributed by atoms with Gasteiger partial charge in [-0.05, 0) is 47.9 Å². The molecule has 1 N–H and O–H groups in total. The minimum Gasteiger partial charge on any atom is -0.354 e. The molecule has 0 radical (unpaired) electrons. The maximum absolute atomic E-state index is 12.4. The number of fused-ring (bicyclic) bond motifs is 1. The fraction of sp³-hybridized carbons (Fsp3) is 0.227. The van der Waals surface area contributed by atoms with Gasteiger partial charge in [0, 0.05) is 21.8 Å². The van der Waals surface area contributed by atoms with E-state index in [1.165, 1.54) is 0 Å². The largest absolute Gasteiger partial charge is 0.354 e. The number of nitrogens with one attached hydrogen (secondary N) is 1. The Morgan fingerprint density at radius 1 is 1.03 bits per heavy atom. The average Bonchev–Trinajstić information content (AvgIpc) is 2.72. The molecule has 0 aliphatic rings. The highest BCUT2D eigenvalue weighted by molar-refractivity contribution is 7.99. The summed E-state index contributed by atoms with van der Waals surface area (Å²) < 4.78 is 26.0. The lowest BCUT2D eigenvalue weighted by Crippen LogP contribution is -2.40. The third-order valence-corrected chi connectivity index (χ3v) is 6.93. The van der Waals surface area contributed by atoms with Crippen LogP contribution in [0.5, 0.6) is 0 Å². The van der Waals surface area contributed by atoms with Gasteiger partial charge < -0.3 is 5.32 Å². The van der Waals surface area contributed by atoms with Crippen molar-refractivity contribution >= 4 is 55.8 Å². The zero-order valence-corrected chi connectivity index (χ0v) is 18.9. The number of nitrogens with zero attached hydrogens (tertiary/aromatic N) is 1. The van der Waals surface area contributed by atoms with Crippen LogP contribution in [0.3, 0.4) is 0 Å². The van der Waals surface area contributed by atoms with Crippen molar-refractivity contribution in [1.29, 1.82) is 0 Å². The quantitative estimate of drug-likeness (QED) is 0.374. The van der Waals surface area contributed by atoms with Gasteiger partial charge in [0.15, 0.2) is 0 Å². The van der Waals surface area contributed by atoms with Crippen LogP contribution in [0.4, 0.5) is 5.69 Å². The van der Waals surface area contributed by atoms with Crippen molar-refractivity contribution in [2.45, 2.75) is 11.3 Å². The summed E-state index contributed by atoms with van der Waals surface area (Å²) in [6, 6.07) is 20.6. The van der Waals surface area contributed by atoms with Gasteiger partial charge in [-0.3, -0.25) is 9.10 Å². The molecule has 3 rings (SSSR count). The van der Waals surface area contributed by atoms with Gasteiger partial charge in [0.1, 0.15) is 6.54 Å². The number of sulfonamides is 1. The summed E-state index contributed by atoms with van der Waals surface area (Å²) in [6.07, 6.45) is 1.89. The summed E-state index contributed by atoms with van der Waals surface area (Å²) in [5, 5.41) is 5.23. The fourth-order valence-corrected chi connectivity index (χ4v) is 4.86. The zero-order chi connectivity index (χ0) is 21.6. The minimum atomic E-state index is -3.62. The highest BCUT2D eigenvalue weighted by Gasteiger charge is 2.22. The van der Waals surface area contributed by atoms with Gasteiger partial charge in [0.05, 0.1) is 11.9 Å². The van der Waals surface area contributed by atoms with Gasteiger partial charge in [-0.25, -0.2) is 8.42 Å². The molecule has 0 heterocycles. The number of hydrogen-bond donors (Lipinski definition) is 1. The van der Waals surface area contributed by atoms with E-state index in [9.17, 15) is 13.2 Å². The normalized spacial score (nSPS) is 11.4. The SMILES string of the molecule is CS(=O)(=O)N(CC(=O)NCCCSc1ccc(Cl)cc1)c1cccc2ccccc12. The smallest absolute Gasteiger partial charge is 0.240 e. The Bertz CT molecular complexity index is 1110. The van der Waals surface area contributed by atoms with Gasteiger partial charge in [-0.2, -0.15) is 0 Å². The molecule has 0 aliphatic carbocycles. The van der Waals surface area contributed by atoms with Gasteiger partial charge in [-0.15, -0.1) is 11.8 Å². The van der Waals surface area contributed by atoms with Crippen LogP contribution in [0.2, 0.25) is 5.02 Å². The van der Waals surface area contributed by atoms with Crippen LogP contribution in [-0.4, -0.2) is 39.4 Å². The molecule has 158 valence electrons. The lowest BCUT2D eigenvalue weighted by molar-refractivity contribution is -0.119. The van der Waals surface area contributed by atoms with Gasteiger partial charge >= 0.3 is 0 Å².